The lowest BCUT2D eigenvalue weighted by Crippen LogP contribution is -2.29. The molecule has 0 amide bonds. The van der Waals surface area contributed by atoms with Gasteiger partial charge in [-0.05, 0) is 16.3 Å². The Morgan fingerprint density at radius 1 is 1.11 bits per heavy atom. The lowest BCUT2D eigenvalue weighted by molar-refractivity contribution is 0.390. The van der Waals surface area contributed by atoms with E-state index in [9.17, 15) is 13.5 Å². The van der Waals surface area contributed by atoms with Gasteiger partial charge in [0.1, 0.15) is 0 Å². The van der Waals surface area contributed by atoms with E-state index in [-0.39, 0.29) is 12.4 Å². The highest BCUT2D eigenvalue weighted by molar-refractivity contribution is 7.87. The molecule has 0 unspecified atom stereocenters. The average Bonchev–Trinajstić information content (AvgIpc) is 2.62. The summed E-state index contributed by atoms with van der Waals surface area (Å²) in [5, 5.41) is 11.3. The number of aliphatic hydroxyl groups excluding tert-OH is 1. The summed E-state index contributed by atoms with van der Waals surface area (Å²) in [6.07, 6.45) is 1.18. The van der Waals surface area contributed by atoms with Crippen molar-refractivity contribution in [3.8, 4) is 0 Å². The number of hydrogen-bond acceptors (Lipinski definition) is 3. The number of nitrogens with one attached hydrogen (secondary N) is 1. The highest BCUT2D eigenvalue weighted by Gasteiger charge is 2.27. The van der Waals surface area contributed by atoms with Crippen LogP contribution in [-0.4, -0.2) is 17.8 Å². The topological polar surface area (TPSA) is 69.6 Å². The monoisotopic (exact) mass is 276 g/mol. The maximum Gasteiger partial charge on any atom is 0.326 e. The van der Waals surface area contributed by atoms with Gasteiger partial charge >= 0.3 is 10.2 Å². The number of hydrogen-bond donors (Lipinski definition) is 2. The van der Waals surface area contributed by atoms with Gasteiger partial charge in [-0.2, -0.15) is 8.42 Å². The Balaban J connectivity index is 2.03. The van der Waals surface area contributed by atoms with E-state index in [1.54, 1.807) is 0 Å². The molecule has 0 aromatic heterocycles. The van der Waals surface area contributed by atoms with Crippen LogP contribution < -0.4 is 4.72 Å². The zero-order valence-electron chi connectivity index (χ0n) is 9.95. The van der Waals surface area contributed by atoms with Crippen LogP contribution in [0, 0.1) is 0 Å². The highest BCUT2D eigenvalue weighted by Crippen LogP contribution is 2.22. The van der Waals surface area contributed by atoms with E-state index in [1.807, 2.05) is 47.2 Å². The van der Waals surface area contributed by atoms with Crippen molar-refractivity contribution >= 4 is 21.0 Å². The Morgan fingerprint density at radius 3 is 2.58 bits per heavy atom. The Hall–Kier alpha value is -2.21. The molecule has 0 atom stereocenters. The first kappa shape index (κ1) is 11.9. The van der Waals surface area contributed by atoms with Crippen molar-refractivity contribution in [2.24, 2.45) is 0 Å². The summed E-state index contributed by atoms with van der Waals surface area (Å²) in [6, 6.07) is 13.5. The quantitative estimate of drug-likeness (QED) is 0.879. The summed E-state index contributed by atoms with van der Waals surface area (Å²) >= 11 is 0. The largest absolute Gasteiger partial charge is 0.493 e. The van der Waals surface area contributed by atoms with Gasteiger partial charge in [0.15, 0.2) is 0 Å². The van der Waals surface area contributed by atoms with E-state index in [0.29, 0.717) is 0 Å². The van der Waals surface area contributed by atoms with Gasteiger partial charge in [0, 0.05) is 0 Å². The van der Waals surface area contributed by atoms with E-state index in [2.05, 4.69) is 0 Å². The Morgan fingerprint density at radius 2 is 1.84 bits per heavy atom. The van der Waals surface area contributed by atoms with E-state index >= 15 is 0 Å². The molecule has 5 nitrogen and oxygen atoms in total. The maximum atomic E-state index is 11.7. The van der Waals surface area contributed by atoms with Crippen molar-refractivity contribution in [1.82, 2.24) is 9.03 Å². The molecule has 2 aromatic rings. The molecule has 1 aliphatic heterocycles. The molecule has 2 N–H and O–H groups in total. The SMILES string of the molecule is O=S1(=O)NC(O)=CN1Cc1cccc2ccccc12. The molecule has 0 saturated heterocycles. The molecule has 0 saturated carbocycles. The molecular weight excluding hydrogens is 264 g/mol. The third-order valence-electron chi connectivity index (χ3n) is 3.01. The fraction of sp³-hybridized carbons (Fsp3) is 0.0769. The molecule has 2 aromatic carbocycles. The number of benzene rings is 2. The molecule has 0 aliphatic carbocycles. The summed E-state index contributed by atoms with van der Waals surface area (Å²) in [4.78, 5) is 0. The second-order valence-electron chi connectivity index (χ2n) is 4.30. The van der Waals surface area contributed by atoms with Gasteiger partial charge in [-0.1, -0.05) is 42.5 Å². The zero-order chi connectivity index (χ0) is 13.5. The summed E-state index contributed by atoms with van der Waals surface area (Å²) in [5.74, 6) is -0.361. The summed E-state index contributed by atoms with van der Waals surface area (Å²) in [6.45, 7) is 0.181. The number of aliphatic hydroxyl groups is 1. The molecule has 0 spiro atoms. The normalized spacial score (nSPS) is 17.3. The van der Waals surface area contributed by atoms with Crippen LogP contribution in [0.15, 0.2) is 54.5 Å². The molecular formula is C13H12N2O3S. The molecule has 0 fully saturated rings. The van der Waals surface area contributed by atoms with Crippen LogP contribution in [0.25, 0.3) is 10.8 Å². The zero-order valence-corrected chi connectivity index (χ0v) is 10.8. The molecule has 6 heteroatoms. The Kier molecular flexibility index (Phi) is 2.60. The van der Waals surface area contributed by atoms with Crippen LogP contribution in [0.5, 0.6) is 0 Å². The number of nitrogens with zero attached hydrogens (tertiary/aromatic N) is 1. The highest BCUT2D eigenvalue weighted by atomic mass is 32.2. The van der Waals surface area contributed by atoms with Gasteiger partial charge in [0.25, 0.3) is 0 Å². The first-order chi connectivity index (χ1) is 9.06. The van der Waals surface area contributed by atoms with Gasteiger partial charge in [-0.15, -0.1) is 0 Å². The molecule has 3 rings (SSSR count). The minimum absolute atomic E-state index is 0.181. The van der Waals surface area contributed by atoms with Crippen LogP contribution >= 0.6 is 0 Å². The van der Waals surface area contributed by atoms with Gasteiger partial charge in [0.05, 0.1) is 12.7 Å². The molecule has 0 radical (unpaired) electrons. The van der Waals surface area contributed by atoms with Crippen LogP contribution in [0.1, 0.15) is 5.56 Å². The van der Waals surface area contributed by atoms with Gasteiger partial charge in [-0.25, -0.2) is 4.72 Å². The Labute approximate surface area is 111 Å². The molecule has 0 bridgehead atoms. The number of rotatable bonds is 2. The maximum absolute atomic E-state index is 11.7. The van der Waals surface area contributed by atoms with E-state index in [0.717, 1.165) is 20.6 Å². The molecule has 1 aliphatic rings. The van der Waals surface area contributed by atoms with Crippen LogP contribution in [0.4, 0.5) is 0 Å². The van der Waals surface area contributed by atoms with Gasteiger partial charge in [-0.3, -0.25) is 4.31 Å². The summed E-state index contributed by atoms with van der Waals surface area (Å²) in [5.41, 5.74) is 0.884. The van der Waals surface area contributed by atoms with Crippen molar-refractivity contribution in [3.05, 3.63) is 60.1 Å². The van der Waals surface area contributed by atoms with Crippen molar-refractivity contribution < 1.29 is 13.5 Å². The van der Waals surface area contributed by atoms with Crippen molar-refractivity contribution in [1.29, 1.82) is 0 Å². The number of fused-ring (bicyclic) bond motifs is 1. The first-order valence-electron chi connectivity index (χ1n) is 5.73. The van der Waals surface area contributed by atoms with E-state index in [1.165, 1.54) is 6.20 Å². The summed E-state index contributed by atoms with van der Waals surface area (Å²) in [7, 11) is -3.66. The lowest BCUT2D eigenvalue weighted by atomic mass is 10.0. The lowest BCUT2D eigenvalue weighted by Gasteiger charge is -2.15. The van der Waals surface area contributed by atoms with E-state index < -0.39 is 10.2 Å². The van der Waals surface area contributed by atoms with Gasteiger partial charge in [0.2, 0.25) is 5.88 Å². The fourth-order valence-electron chi connectivity index (χ4n) is 2.15. The predicted molar refractivity (Wildman–Crippen MR) is 72.3 cm³/mol. The fourth-order valence-corrected chi connectivity index (χ4v) is 3.13. The third kappa shape index (κ3) is 2.10. The Bertz CT molecular complexity index is 763. The predicted octanol–water partition coefficient (Wildman–Crippen LogP) is 1.85. The van der Waals surface area contributed by atoms with Crippen LogP contribution in [-0.2, 0) is 16.8 Å². The van der Waals surface area contributed by atoms with Crippen LogP contribution in [0.3, 0.4) is 0 Å². The van der Waals surface area contributed by atoms with E-state index in [4.69, 9.17) is 0 Å². The second-order valence-corrected chi connectivity index (χ2v) is 5.93. The minimum Gasteiger partial charge on any atom is -0.493 e. The third-order valence-corrected chi connectivity index (χ3v) is 4.33. The molecule has 1 heterocycles. The minimum atomic E-state index is -3.66. The smallest absolute Gasteiger partial charge is 0.326 e. The average molecular weight is 276 g/mol. The first-order valence-corrected chi connectivity index (χ1v) is 7.17. The van der Waals surface area contributed by atoms with Crippen molar-refractivity contribution in [2.45, 2.75) is 6.54 Å². The summed E-state index contributed by atoms with van der Waals surface area (Å²) < 4.78 is 26.5. The molecule has 19 heavy (non-hydrogen) atoms. The van der Waals surface area contributed by atoms with Crippen molar-refractivity contribution in [3.63, 3.8) is 0 Å². The van der Waals surface area contributed by atoms with Crippen LogP contribution in [0.2, 0.25) is 0 Å². The second kappa shape index (κ2) is 4.17. The molecule has 98 valence electrons. The standard InChI is InChI=1S/C13H12N2O3S/c16-13-9-15(19(17,18)14-13)8-11-6-3-5-10-4-1-2-7-12(10)11/h1-7,9,14,16H,8H2. The van der Waals surface area contributed by atoms with Gasteiger partial charge < -0.3 is 5.11 Å². The van der Waals surface area contributed by atoms with Crippen molar-refractivity contribution in [2.75, 3.05) is 0 Å².